The SMILES string of the molecule is Cc1nc2ccc(NC(=O)c3cccn3C)cc2s1. The number of anilines is 1. The Bertz CT molecular complexity index is 757. The zero-order valence-corrected chi connectivity index (χ0v) is 11.5. The standard InChI is InChI=1S/C14H13N3OS/c1-9-15-11-6-5-10(8-13(11)19-9)16-14(18)12-4-3-7-17(12)2/h3-8H,1-2H3,(H,16,18). The molecule has 0 aliphatic rings. The molecule has 0 radical (unpaired) electrons. The molecule has 5 heteroatoms. The van der Waals surface area contributed by atoms with Gasteiger partial charge in [-0.1, -0.05) is 0 Å². The number of carbonyl (C=O) groups is 1. The number of aryl methyl sites for hydroxylation is 2. The fourth-order valence-corrected chi connectivity index (χ4v) is 2.88. The molecule has 19 heavy (non-hydrogen) atoms. The van der Waals surface area contributed by atoms with Crippen molar-refractivity contribution in [3.05, 3.63) is 47.2 Å². The lowest BCUT2D eigenvalue weighted by molar-refractivity contribution is 0.101. The van der Waals surface area contributed by atoms with Gasteiger partial charge in [-0.25, -0.2) is 4.98 Å². The number of nitrogens with one attached hydrogen (secondary N) is 1. The summed E-state index contributed by atoms with van der Waals surface area (Å²) in [6.45, 7) is 1.98. The van der Waals surface area contributed by atoms with E-state index in [0.717, 1.165) is 20.9 Å². The summed E-state index contributed by atoms with van der Waals surface area (Å²) in [5.74, 6) is -0.104. The van der Waals surface area contributed by atoms with Crippen LogP contribution in [0.2, 0.25) is 0 Å². The van der Waals surface area contributed by atoms with Crippen molar-refractivity contribution in [2.45, 2.75) is 6.92 Å². The van der Waals surface area contributed by atoms with E-state index in [9.17, 15) is 4.79 Å². The van der Waals surface area contributed by atoms with Gasteiger partial charge in [0.15, 0.2) is 0 Å². The highest BCUT2D eigenvalue weighted by atomic mass is 32.1. The third kappa shape index (κ3) is 2.24. The van der Waals surface area contributed by atoms with E-state index in [0.29, 0.717) is 5.69 Å². The Kier molecular flexibility index (Phi) is 2.83. The summed E-state index contributed by atoms with van der Waals surface area (Å²) in [5, 5.41) is 3.93. The number of hydrogen-bond acceptors (Lipinski definition) is 3. The van der Waals surface area contributed by atoms with Gasteiger partial charge in [0.05, 0.1) is 15.2 Å². The number of nitrogens with zero attached hydrogens (tertiary/aromatic N) is 2. The molecule has 2 aromatic heterocycles. The third-order valence-corrected chi connectivity index (χ3v) is 3.86. The van der Waals surface area contributed by atoms with E-state index in [-0.39, 0.29) is 5.91 Å². The molecule has 0 unspecified atom stereocenters. The van der Waals surface area contributed by atoms with Gasteiger partial charge in [-0.05, 0) is 37.3 Å². The highest BCUT2D eigenvalue weighted by Gasteiger charge is 2.09. The van der Waals surface area contributed by atoms with Gasteiger partial charge in [-0.3, -0.25) is 4.79 Å². The van der Waals surface area contributed by atoms with Crippen molar-refractivity contribution in [2.24, 2.45) is 7.05 Å². The average Bonchev–Trinajstić information content (AvgIpc) is 2.93. The van der Waals surface area contributed by atoms with Crippen LogP contribution in [-0.2, 0) is 7.05 Å². The minimum absolute atomic E-state index is 0.104. The van der Waals surface area contributed by atoms with Gasteiger partial charge in [-0.15, -0.1) is 11.3 Å². The summed E-state index contributed by atoms with van der Waals surface area (Å²) in [6, 6.07) is 9.41. The molecule has 4 nitrogen and oxygen atoms in total. The minimum Gasteiger partial charge on any atom is -0.347 e. The molecule has 0 bridgehead atoms. The number of fused-ring (bicyclic) bond motifs is 1. The van der Waals surface area contributed by atoms with Gasteiger partial charge in [0.25, 0.3) is 5.91 Å². The molecule has 1 N–H and O–H groups in total. The van der Waals surface area contributed by atoms with E-state index >= 15 is 0 Å². The molecular weight excluding hydrogens is 258 g/mol. The first-order chi connectivity index (χ1) is 9.13. The molecule has 1 amide bonds. The predicted molar refractivity (Wildman–Crippen MR) is 77.7 cm³/mol. The van der Waals surface area contributed by atoms with Gasteiger partial charge in [0, 0.05) is 18.9 Å². The number of benzene rings is 1. The minimum atomic E-state index is -0.104. The summed E-state index contributed by atoms with van der Waals surface area (Å²) in [5.41, 5.74) is 2.40. The van der Waals surface area contributed by atoms with Crippen LogP contribution in [0.3, 0.4) is 0 Å². The first-order valence-corrected chi connectivity index (χ1v) is 6.75. The van der Waals surface area contributed by atoms with Crippen LogP contribution in [0.1, 0.15) is 15.5 Å². The summed E-state index contributed by atoms with van der Waals surface area (Å²) in [6.07, 6.45) is 1.85. The Morgan fingerprint density at radius 3 is 2.95 bits per heavy atom. The van der Waals surface area contributed by atoms with E-state index in [1.54, 1.807) is 22.0 Å². The van der Waals surface area contributed by atoms with Crippen molar-refractivity contribution in [3.8, 4) is 0 Å². The average molecular weight is 271 g/mol. The van der Waals surface area contributed by atoms with Crippen LogP contribution in [0.25, 0.3) is 10.2 Å². The van der Waals surface area contributed by atoms with Crippen LogP contribution in [0.15, 0.2) is 36.5 Å². The Labute approximate surface area is 114 Å². The van der Waals surface area contributed by atoms with Crippen molar-refractivity contribution in [3.63, 3.8) is 0 Å². The summed E-state index contributed by atoms with van der Waals surface area (Å²) in [7, 11) is 1.85. The highest BCUT2D eigenvalue weighted by molar-refractivity contribution is 7.18. The lowest BCUT2D eigenvalue weighted by Crippen LogP contribution is -2.15. The first kappa shape index (κ1) is 11.9. The maximum atomic E-state index is 12.1. The van der Waals surface area contributed by atoms with Gasteiger partial charge < -0.3 is 9.88 Å². The van der Waals surface area contributed by atoms with Gasteiger partial charge >= 0.3 is 0 Å². The van der Waals surface area contributed by atoms with Gasteiger partial charge in [0.1, 0.15) is 5.69 Å². The summed E-state index contributed by atoms with van der Waals surface area (Å²) < 4.78 is 2.88. The van der Waals surface area contributed by atoms with E-state index < -0.39 is 0 Å². The molecule has 3 aromatic rings. The Balaban J connectivity index is 1.89. The fourth-order valence-electron chi connectivity index (χ4n) is 2.01. The quantitative estimate of drug-likeness (QED) is 0.778. The number of rotatable bonds is 2. The maximum Gasteiger partial charge on any atom is 0.272 e. The molecule has 0 saturated carbocycles. The van der Waals surface area contributed by atoms with Crippen LogP contribution in [0.4, 0.5) is 5.69 Å². The number of aromatic nitrogens is 2. The van der Waals surface area contributed by atoms with E-state index in [1.807, 2.05) is 44.4 Å². The second-order valence-electron chi connectivity index (χ2n) is 4.37. The lowest BCUT2D eigenvalue weighted by atomic mass is 10.3. The van der Waals surface area contributed by atoms with E-state index in [4.69, 9.17) is 0 Å². The zero-order valence-electron chi connectivity index (χ0n) is 10.7. The molecule has 96 valence electrons. The molecule has 0 aliphatic heterocycles. The Morgan fingerprint density at radius 2 is 2.21 bits per heavy atom. The van der Waals surface area contributed by atoms with Crippen LogP contribution < -0.4 is 5.32 Å². The Morgan fingerprint density at radius 1 is 1.37 bits per heavy atom. The molecule has 0 fully saturated rings. The second-order valence-corrected chi connectivity index (χ2v) is 5.61. The molecule has 1 aromatic carbocycles. The number of hydrogen-bond donors (Lipinski definition) is 1. The fraction of sp³-hybridized carbons (Fsp3) is 0.143. The normalized spacial score (nSPS) is 10.8. The van der Waals surface area contributed by atoms with E-state index in [1.165, 1.54) is 0 Å². The monoisotopic (exact) mass is 271 g/mol. The van der Waals surface area contributed by atoms with Gasteiger partial charge in [-0.2, -0.15) is 0 Å². The molecule has 2 heterocycles. The topological polar surface area (TPSA) is 46.9 Å². The van der Waals surface area contributed by atoms with Crippen LogP contribution in [0.5, 0.6) is 0 Å². The number of carbonyl (C=O) groups excluding carboxylic acids is 1. The predicted octanol–water partition coefficient (Wildman–Crippen LogP) is 3.20. The summed E-state index contributed by atoms with van der Waals surface area (Å²) in [4.78, 5) is 16.5. The summed E-state index contributed by atoms with van der Waals surface area (Å²) >= 11 is 1.63. The molecule has 0 spiro atoms. The van der Waals surface area contributed by atoms with Crippen LogP contribution in [0, 0.1) is 6.92 Å². The molecule has 0 atom stereocenters. The third-order valence-electron chi connectivity index (χ3n) is 2.93. The van der Waals surface area contributed by atoms with Crippen molar-refractivity contribution >= 4 is 33.1 Å². The van der Waals surface area contributed by atoms with Crippen molar-refractivity contribution in [1.29, 1.82) is 0 Å². The second kappa shape index (κ2) is 4.51. The lowest BCUT2D eigenvalue weighted by Gasteiger charge is -2.05. The molecule has 0 aliphatic carbocycles. The first-order valence-electron chi connectivity index (χ1n) is 5.93. The molecular formula is C14H13N3OS. The van der Waals surface area contributed by atoms with Crippen molar-refractivity contribution in [2.75, 3.05) is 5.32 Å². The van der Waals surface area contributed by atoms with Crippen LogP contribution in [-0.4, -0.2) is 15.5 Å². The number of thiazole rings is 1. The smallest absolute Gasteiger partial charge is 0.272 e. The maximum absolute atomic E-state index is 12.1. The Hall–Kier alpha value is -2.14. The van der Waals surface area contributed by atoms with Crippen molar-refractivity contribution < 1.29 is 4.79 Å². The molecule has 0 saturated heterocycles. The van der Waals surface area contributed by atoms with Gasteiger partial charge in [0.2, 0.25) is 0 Å². The van der Waals surface area contributed by atoms with Crippen molar-refractivity contribution in [1.82, 2.24) is 9.55 Å². The number of amides is 1. The molecule has 3 rings (SSSR count). The highest BCUT2D eigenvalue weighted by Crippen LogP contribution is 2.25. The largest absolute Gasteiger partial charge is 0.347 e. The van der Waals surface area contributed by atoms with E-state index in [2.05, 4.69) is 10.3 Å². The zero-order chi connectivity index (χ0) is 13.4. The van der Waals surface area contributed by atoms with Crippen LogP contribution >= 0.6 is 11.3 Å².